The molecule has 0 unspecified atom stereocenters. The van der Waals surface area contributed by atoms with Crippen LogP contribution in [-0.4, -0.2) is 21.9 Å². The van der Waals surface area contributed by atoms with E-state index in [0.29, 0.717) is 11.0 Å². The summed E-state index contributed by atoms with van der Waals surface area (Å²) in [5.74, 6) is -0.372. The van der Waals surface area contributed by atoms with Crippen molar-refractivity contribution in [3.8, 4) is 0 Å². The zero-order valence-electron chi connectivity index (χ0n) is 15.2. The molecule has 0 bridgehead atoms. The average Bonchev–Trinajstić information content (AvgIpc) is 3.10. The molecule has 0 radical (unpaired) electrons. The third-order valence-electron chi connectivity index (χ3n) is 4.38. The number of nitrogens with zero attached hydrogens (tertiary/aromatic N) is 3. The highest BCUT2D eigenvalue weighted by Crippen LogP contribution is 2.18. The lowest BCUT2D eigenvalue weighted by molar-refractivity contribution is 0.0948. The summed E-state index contributed by atoms with van der Waals surface area (Å²) in [5, 5.41) is 10.7. The summed E-state index contributed by atoms with van der Waals surface area (Å²) >= 11 is 6.83. The van der Waals surface area contributed by atoms with E-state index in [1.54, 1.807) is 17.1 Å². The molecule has 1 N–H and O–H groups in total. The normalized spacial score (nSPS) is 11.2. The molecule has 7 heteroatoms. The summed E-state index contributed by atoms with van der Waals surface area (Å²) in [6.07, 6.45) is 3.43. The van der Waals surface area contributed by atoms with Crippen molar-refractivity contribution in [1.82, 2.24) is 15.2 Å². The van der Waals surface area contributed by atoms with E-state index in [1.807, 2.05) is 66.7 Å². The minimum atomic E-state index is -0.372. The SMILES string of the molecule is O=C(NN=Cc1cccc2ccccc12)c1nn(Cc2ccc(Br)cc2)cc1Br. The molecule has 0 aliphatic heterocycles. The highest BCUT2D eigenvalue weighted by atomic mass is 79.9. The number of hydrazone groups is 1. The summed E-state index contributed by atoms with van der Waals surface area (Å²) in [6, 6.07) is 22.0. The number of amides is 1. The first-order valence-electron chi connectivity index (χ1n) is 8.89. The van der Waals surface area contributed by atoms with Gasteiger partial charge in [0.25, 0.3) is 5.91 Å². The van der Waals surface area contributed by atoms with E-state index in [2.05, 4.69) is 47.5 Å². The predicted molar refractivity (Wildman–Crippen MR) is 122 cm³/mol. The first kappa shape index (κ1) is 19.5. The van der Waals surface area contributed by atoms with Crippen LogP contribution in [0.5, 0.6) is 0 Å². The van der Waals surface area contributed by atoms with Gasteiger partial charge in [0.05, 0.1) is 17.2 Å². The van der Waals surface area contributed by atoms with Crippen LogP contribution >= 0.6 is 31.9 Å². The van der Waals surface area contributed by atoms with Crippen LogP contribution in [-0.2, 0) is 6.54 Å². The Hall–Kier alpha value is -2.77. The number of benzene rings is 3. The Bertz CT molecular complexity index is 1190. The van der Waals surface area contributed by atoms with Gasteiger partial charge in [0.15, 0.2) is 5.69 Å². The third kappa shape index (κ3) is 4.63. The number of rotatable bonds is 5. The van der Waals surface area contributed by atoms with Crippen molar-refractivity contribution in [1.29, 1.82) is 0 Å². The second-order valence-electron chi connectivity index (χ2n) is 6.42. The number of hydrogen-bond acceptors (Lipinski definition) is 3. The van der Waals surface area contributed by atoms with Gasteiger partial charge in [-0.15, -0.1) is 0 Å². The van der Waals surface area contributed by atoms with Crippen LogP contribution in [0.25, 0.3) is 10.8 Å². The van der Waals surface area contributed by atoms with E-state index >= 15 is 0 Å². The van der Waals surface area contributed by atoms with Crippen LogP contribution < -0.4 is 5.43 Å². The van der Waals surface area contributed by atoms with Crippen molar-refractivity contribution < 1.29 is 4.79 Å². The molecule has 3 aromatic carbocycles. The lowest BCUT2D eigenvalue weighted by Crippen LogP contribution is -2.19. The monoisotopic (exact) mass is 510 g/mol. The summed E-state index contributed by atoms with van der Waals surface area (Å²) in [5.41, 5.74) is 4.87. The molecule has 29 heavy (non-hydrogen) atoms. The maximum atomic E-state index is 12.5. The summed E-state index contributed by atoms with van der Waals surface area (Å²) in [7, 11) is 0. The van der Waals surface area contributed by atoms with Gasteiger partial charge in [-0.25, -0.2) is 5.43 Å². The molecule has 0 saturated heterocycles. The Kier molecular flexibility index (Phi) is 5.87. The molecule has 1 aromatic heterocycles. The highest BCUT2D eigenvalue weighted by Gasteiger charge is 2.15. The number of halogens is 2. The average molecular weight is 512 g/mol. The molecule has 0 saturated carbocycles. The number of aromatic nitrogens is 2. The van der Waals surface area contributed by atoms with E-state index in [1.165, 1.54) is 0 Å². The van der Waals surface area contributed by atoms with Gasteiger partial charge in [0, 0.05) is 16.2 Å². The zero-order valence-corrected chi connectivity index (χ0v) is 18.4. The fourth-order valence-electron chi connectivity index (χ4n) is 2.99. The van der Waals surface area contributed by atoms with Crippen molar-refractivity contribution in [3.63, 3.8) is 0 Å². The summed E-state index contributed by atoms with van der Waals surface area (Å²) in [6.45, 7) is 0.568. The molecule has 144 valence electrons. The van der Waals surface area contributed by atoms with Crippen LogP contribution in [0.3, 0.4) is 0 Å². The van der Waals surface area contributed by atoms with E-state index in [4.69, 9.17) is 0 Å². The fraction of sp³-hybridized carbons (Fsp3) is 0.0455. The lowest BCUT2D eigenvalue weighted by Gasteiger charge is -2.02. The maximum absolute atomic E-state index is 12.5. The minimum Gasteiger partial charge on any atom is -0.266 e. The van der Waals surface area contributed by atoms with Crippen LogP contribution in [0.1, 0.15) is 21.6 Å². The molecular weight excluding hydrogens is 496 g/mol. The van der Waals surface area contributed by atoms with Crippen LogP contribution in [0.4, 0.5) is 0 Å². The van der Waals surface area contributed by atoms with Gasteiger partial charge in [0.1, 0.15) is 0 Å². The van der Waals surface area contributed by atoms with Crippen LogP contribution in [0, 0.1) is 0 Å². The van der Waals surface area contributed by atoms with Gasteiger partial charge in [-0.2, -0.15) is 10.2 Å². The lowest BCUT2D eigenvalue weighted by atomic mass is 10.1. The van der Waals surface area contributed by atoms with Crippen molar-refractivity contribution in [2.45, 2.75) is 6.54 Å². The standard InChI is InChI=1S/C22H16Br2N4O/c23-18-10-8-15(9-11-18)13-28-14-20(24)21(27-28)22(29)26-25-12-17-6-3-5-16-4-1-2-7-19(16)17/h1-12,14H,13H2,(H,26,29). The Morgan fingerprint density at radius 1 is 1.03 bits per heavy atom. The van der Waals surface area contributed by atoms with E-state index < -0.39 is 0 Å². The van der Waals surface area contributed by atoms with Gasteiger partial charge >= 0.3 is 0 Å². The molecule has 1 amide bonds. The fourth-order valence-corrected chi connectivity index (χ4v) is 3.75. The second kappa shape index (κ2) is 8.71. The minimum absolute atomic E-state index is 0.289. The quantitative estimate of drug-likeness (QED) is 0.289. The summed E-state index contributed by atoms with van der Waals surface area (Å²) in [4.78, 5) is 12.5. The van der Waals surface area contributed by atoms with Gasteiger partial charge in [-0.1, -0.05) is 70.5 Å². The molecule has 1 heterocycles. The van der Waals surface area contributed by atoms with Crippen LogP contribution in [0.2, 0.25) is 0 Å². The number of hydrogen-bond donors (Lipinski definition) is 1. The van der Waals surface area contributed by atoms with Crippen molar-refractivity contribution in [2.75, 3.05) is 0 Å². The third-order valence-corrected chi connectivity index (χ3v) is 5.49. The van der Waals surface area contributed by atoms with Gasteiger partial charge in [0.2, 0.25) is 0 Å². The molecule has 0 aliphatic carbocycles. The Morgan fingerprint density at radius 3 is 2.62 bits per heavy atom. The number of carbonyl (C=O) groups excluding carboxylic acids is 1. The molecule has 0 fully saturated rings. The molecule has 4 rings (SSSR count). The number of carbonyl (C=O) groups is 1. The van der Waals surface area contributed by atoms with Crippen LogP contribution in [0.15, 0.2) is 87.0 Å². The molecular formula is C22H16Br2N4O. The van der Waals surface area contributed by atoms with E-state index in [-0.39, 0.29) is 11.6 Å². The van der Waals surface area contributed by atoms with Crippen molar-refractivity contribution >= 4 is 54.8 Å². The first-order valence-corrected chi connectivity index (χ1v) is 10.5. The number of fused-ring (bicyclic) bond motifs is 1. The molecule has 0 atom stereocenters. The maximum Gasteiger partial charge on any atom is 0.293 e. The second-order valence-corrected chi connectivity index (χ2v) is 8.19. The first-order chi connectivity index (χ1) is 14.1. The Morgan fingerprint density at radius 2 is 1.79 bits per heavy atom. The van der Waals surface area contributed by atoms with Crippen molar-refractivity contribution in [2.24, 2.45) is 5.10 Å². The summed E-state index contributed by atoms with van der Waals surface area (Å²) < 4.78 is 3.36. The number of nitrogens with one attached hydrogen (secondary N) is 1. The van der Waals surface area contributed by atoms with Crippen molar-refractivity contribution in [3.05, 3.63) is 98.7 Å². The Labute approximate surface area is 184 Å². The predicted octanol–water partition coefficient (Wildman–Crippen LogP) is 5.37. The van der Waals surface area contributed by atoms with E-state index in [0.717, 1.165) is 26.4 Å². The molecule has 0 aliphatic rings. The zero-order chi connectivity index (χ0) is 20.2. The smallest absolute Gasteiger partial charge is 0.266 e. The van der Waals surface area contributed by atoms with Gasteiger partial charge < -0.3 is 0 Å². The molecule has 4 aromatic rings. The van der Waals surface area contributed by atoms with E-state index in [9.17, 15) is 4.79 Å². The van der Waals surface area contributed by atoms with Gasteiger partial charge in [-0.05, 0) is 44.4 Å². The largest absolute Gasteiger partial charge is 0.293 e. The molecule has 5 nitrogen and oxygen atoms in total. The topological polar surface area (TPSA) is 59.3 Å². The van der Waals surface area contributed by atoms with Gasteiger partial charge in [-0.3, -0.25) is 9.48 Å². The molecule has 0 spiro atoms. The Balaban J connectivity index is 1.46. The highest BCUT2D eigenvalue weighted by molar-refractivity contribution is 9.10.